The second kappa shape index (κ2) is 6.50. The van der Waals surface area contributed by atoms with E-state index in [4.69, 9.17) is 0 Å². The van der Waals surface area contributed by atoms with Crippen molar-refractivity contribution in [3.05, 3.63) is 34.3 Å². The monoisotopic (exact) mass is 332 g/mol. The third kappa shape index (κ3) is 2.86. The van der Waals surface area contributed by atoms with E-state index in [9.17, 15) is 4.79 Å². The van der Waals surface area contributed by atoms with Crippen LogP contribution < -0.4 is 5.32 Å². The summed E-state index contributed by atoms with van der Waals surface area (Å²) in [4.78, 5) is 17.5. The lowest BCUT2D eigenvalue weighted by molar-refractivity contribution is 0.102. The number of amides is 1. The molecule has 22 heavy (non-hydrogen) atoms. The number of rotatable bonds is 5. The lowest BCUT2D eigenvalue weighted by Gasteiger charge is -2.00. The molecule has 0 atom stereocenters. The zero-order chi connectivity index (χ0) is 15.5. The highest BCUT2D eigenvalue weighted by Crippen LogP contribution is 2.29. The van der Waals surface area contributed by atoms with Crippen molar-refractivity contribution in [1.29, 1.82) is 0 Å². The fraction of sp³-hybridized carbons (Fsp3) is 0.333. The molecule has 0 aliphatic rings. The third-order valence-electron chi connectivity index (χ3n) is 3.35. The van der Waals surface area contributed by atoms with Crippen LogP contribution in [-0.4, -0.2) is 20.5 Å². The first kappa shape index (κ1) is 15.1. The zero-order valence-electron chi connectivity index (χ0n) is 12.4. The van der Waals surface area contributed by atoms with Crippen molar-refractivity contribution in [2.24, 2.45) is 0 Å². The van der Waals surface area contributed by atoms with Crippen LogP contribution >= 0.6 is 22.9 Å². The van der Waals surface area contributed by atoms with Crippen molar-refractivity contribution in [3.8, 4) is 0 Å². The van der Waals surface area contributed by atoms with E-state index >= 15 is 0 Å². The van der Waals surface area contributed by atoms with Crippen molar-refractivity contribution >= 4 is 44.1 Å². The quantitative estimate of drug-likeness (QED) is 0.769. The van der Waals surface area contributed by atoms with Crippen molar-refractivity contribution in [3.63, 3.8) is 0 Å². The molecule has 114 valence electrons. The van der Waals surface area contributed by atoms with Gasteiger partial charge < -0.3 is 0 Å². The number of hydrogen-bond acceptors (Lipinski definition) is 6. The fourth-order valence-corrected chi connectivity index (χ4v) is 3.79. The first-order valence-corrected chi connectivity index (χ1v) is 8.83. The van der Waals surface area contributed by atoms with Gasteiger partial charge in [0.1, 0.15) is 4.88 Å². The van der Waals surface area contributed by atoms with Gasteiger partial charge in [0, 0.05) is 0 Å². The number of benzene rings is 1. The van der Waals surface area contributed by atoms with E-state index in [-0.39, 0.29) is 5.91 Å². The Morgan fingerprint density at radius 2 is 2.18 bits per heavy atom. The number of thiazole rings is 1. The number of fused-ring (bicyclic) bond motifs is 1. The Bertz CT molecular complexity index is 809. The Hall–Kier alpha value is -1.86. The SMILES string of the molecule is CCCc1nnsc1C(=O)Nc1nc2c(CC)cccc2s1. The maximum absolute atomic E-state index is 12.4. The molecule has 5 nitrogen and oxygen atoms in total. The molecule has 0 unspecified atom stereocenters. The number of aromatic nitrogens is 3. The van der Waals surface area contributed by atoms with Gasteiger partial charge in [0.25, 0.3) is 5.91 Å². The molecule has 0 saturated carbocycles. The largest absolute Gasteiger partial charge is 0.297 e. The standard InChI is InChI=1S/C15H16N4OS2/c1-3-6-10-13(22-19-18-10)14(20)17-15-16-12-9(4-2)7-5-8-11(12)21-15/h5,7-8H,3-4,6H2,1-2H3,(H,16,17,20). The molecule has 0 saturated heterocycles. The van der Waals surface area contributed by atoms with Gasteiger partial charge in [0.2, 0.25) is 0 Å². The van der Waals surface area contributed by atoms with E-state index in [1.165, 1.54) is 16.9 Å². The molecule has 2 aromatic heterocycles. The van der Waals surface area contributed by atoms with Crippen LogP contribution in [0, 0.1) is 0 Å². The molecule has 1 N–H and O–H groups in total. The lowest BCUT2D eigenvalue weighted by atomic mass is 10.1. The molecule has 2 heterocycles. The summed E-state index contributed by atoms with van der Waals surface area (Å²) in [5.41, 5.74) is 2.93. The first-order chi connectivity index (χ1) is 10.7. The average Bonchev–Trinajstić information content (AvgIpc) is 3.13. The second-order valence-electron chi connectivity index (χ2n) is 4.89. The van der Waals surface area contributed by atoms with Crippen LogP contribution in [0.5, 0.6) is 0 Å². The third-order valence-corrected chi connectivity index (χ3v) is 5.06. The summed E-state index contributed by atoms with van der Waals surface area (Å²) < 4.78 is 4.98. The molecule has 0 fully saturated rings. The maximum atomic E-state index is 12.4. The number of carbonyl (C=O) groups excluding carboxylic acids is 1. The molecule has 0 radical (unpaired) electrons. The molecule has 0 spiro atoms. The van der Waals surface area contributed by atoms with E-state index < -0.39 is 0 Å². The predicted octanol–water partition coefficient (Wildman–Crippen LogP) is 3.92. The molecule has 0 aliphatic carbocycles. The number of para-hydroxylation sites is 1. The summed E-state index contributed by atoms with van der Waals surface area (Å²) in [6, 6.07) is 6.12. The molecule has 1 amide bonds. The van der Waals surface area contributed by atoms with Gasteiger partial charge in [-0.05, 0) is 36.0 Å². The van der Waals surface area contributed by atoms with Crippen LogP contribution in [0.1, 0.15) is 41.2 Å². The van der Waals surface area contributed by atoms with Crippen molar-refractivity contribution in [2.75, 3.05) is 5.32 Å². The molecule has 1 aromatic carbocycles. The topological polar surface area (TPSA) is 67.8 Å². The number of anilines is 1. The zero-order valence-corrected chi connectivity index (χ0v) is 14.1. The average molecular weight is 332 g/mol. The highest BCUT2D eigenvalue weighted by molar-refractivity contribution is 7.22. The number of hydrogen-bond donors (Lipinski definition) is 1. The van der Waals surface area contributed by atoms with Crippen LogP contribution in [0.15, 0.2) is 18.2 Å². The van der Waals surface area contributed by atoms with Crippen LogP contribution in [0.3, 0.4) is 0 Å². The smallest absolute Gasteiger partial charge is 0.271 e. The minimum Gasteiger partial charge on any atom is -0.297 e. The summed E-state index contributed by atoms with van der Waals surface area (Å²) in [6.07, 6.45) is 2.62. The Kier molecular flexibility index (Phi) is 4.44. The van der Waals surface area contributed by atoms with Gasteiger partial charge in [0.15, 0.2) is 5.13 Å². The van der Waals surface area contributed by atoms with Crippen LogP contribution in [-0.2, 0) is 12.8 Å². The van der Waals surface area contributed by atoms with Crippen LogP contribution in [0.4, 0.5) is 5.13 Å². The Labute approximate surface area is 136 Å². The van der Waals surface area contributed by atoms with E-state index in [0.717, 1.165) is 46.7 Å². The number of carbonyl (C=O) groups is 1. The Morgan fingerprint density at radius 3 is 2.95 bits per heavy atom. The minimum absolute atomic E-state index is 0.171. The first-order valence-electron chi connectivity index (χ1n) is 7.24. The van der Waals surface area contributed by atoms with Gasteiger partial charge in [-0.3, -0.25) is 10.1 Å². The summed E-state index contributed by atoms with van der Waals surface area (Å²) in [5.74, 6) is -0.171. The Balaban J connectivity index is 1.86. The van der Waals surface area contributed by atoms with Crippen LogP contribution in [0.2, 0.25) is 0 Å². The summed E-state index contributed by atoms with van der Waals surface area (Å²) in [5, 5.41) is 7.53. The molecule has 3 rings (SSSR count). The van der Waals surface area contributed by atoms with Gasteiger partial charge in [0.05, 0.1) is 15.9 Å². The number of nitrogens with one attached hydrogen (secondary N) is 1. The maximum Gasteiger partial charge on any atom is 0.271 e. The lowest BCUT2D eigenvalue weighted by Crippen LogP contribution is -2.12. The van der Waals surface area contributed by atoms with E-state index in [1.807, 2.05) is 12.1 Å². The van der Waals surface area contributed by atoms with Gasteiger partial charge >= 0.3 is 0 Å². The minimum atomic E-state index is -0.171. The van der Waals surface area contributed by atoms with E-state index in [2.05, 4.69) is 39.8 Å². The van der Waals surface area contributed by atoms with Gasteiger partial charge in [-0.25, -0.2) is 4.98 Å². The van der Waals surface area contributed by atoms with Crippen LogP contribution in [0.25, 0.3) is 10.2 Å². The van der Waals surface area contributed by atoms with Crippen molar-refractivity contribution in [1.82, 2.24) is 14.6 Å². The molecular formula is C15H16N4OS2. The van der Waals surface area contributed by atoms with Gasteiger partial charge in [-0.2, -0.15) is 0 Å². The summed E-state index contributed by atoms with van der Waals surface area (Å²) >= 11 is 2.63. The fourth-order valence-electron chi connectivity index (χ4n) is 2.28. The molecule has 0 bridgehead atoms. The van der Waals surface area contributed by atoms with E-state index in [1.54, 1.807) is 0 Å². The normalized spacial score (nSPS) is 11.0. The summed E-state index contributed by atoms with van der Waals surface area (Å²) in [7, 11) is 0. The van der Waals surface area contributed by atoms with Crippen molar-refractivity contribution in [2.45, 2.75) is 33.1 Å². The van der Waals surface area contributed by atoms with E-state index in [0.29, 0.717) is 10.0 Å². The number of nitrogens with zero attached hydrogens (tertiary/aromatic N) is 3. The Morgan fingerprint density at radius 1 is 1.32 bits per heavy atom. The molecule has 7 heteroatoms. The van der Waals surface area contributed by atoms with Crippen molar-refractivity contribution < 1.29 is 4.79 Å². The molecular weight excluding hydrogens is 316 g/mol. The van der Waals surface area contributed by atoms with Gasteiger partial charge in [-0.15, -0.1) is 5.10 Å². The van der Waals surface area contributed by atoms with Gasteiger partial charge in [-0.1, -0.05) is 48.2 Å². The molecule has 0 aliphatic heterocycles. The highest BCUT2D eigenvalue weighted by Gasteiger charge is 2.17. The number of aryl methyl sites for hydroxylation is 2. The highest BCUT2D eigenvalue weighted by atomic mass is 32.1. The molecule has 3 aromatic rings. The second-order valence-corrected chi connectivity index (χ2v) is 6.67. The predicted molar refractivity (Wildman–Crippen MR) is 90.9 cm³/mol. The summed E-state index contributed by atoms with van der Waals surface area (Å²) in [6.45, 7) is 4.16.